The molecule has 0 unspecified atom stereocenters. The maximum absolute atomic E-state index is 14.9. The van der Waals surface area contributed by atoms with Crippen LogP contribution in [0.4, 0.5) is 20.3 Å². The van der Waals surface area contributed by atoms with Gasteiger partial charge in [0, 0.05) is 31.3 Å². The molecule has 11 heteroatoms. The van der Waals surface area contributed by atoms with E-state index in [2.05, 4.69) is 32.4 Å². The predicted molar refractivity (Wildman–Crippen MR) is 153 cm³/mol. The largest absolute Gasteiger partial charge is 0.485 e. The van der Waals surface area contributed by atoms with Gasteiger partial charge >= 0.3 is 0 Å². The zero-order valence-corrected chi connectivity index (χ0v) is 23.5. The second-order valence-electron chi connectivity index (χ2n) is 10.5. The van der Waals surface area contributed by atoms with E-state index < -0.39 is 23.1 Å². The molecule has 5 rings (SSSR count). The number of methoxy groups -OCH3 is 1. The molecule has 1 aliphatic carbocycles. The molecule has 218 valence electrons. The van der Waals surface area contributed by atoms with E-state index in [0.29, 0.717) is 24.4 Å². The zero-order chi connectivity index (χ0) is 30.0. The summed E-state index contributed by atoms with van der Waals surface area (Å²) in [6.07, 6.45) is 3.29. The predicted octanol–water partition coefficient (Wildman–Crippen LogP) is 4.16. The average molecular weight is 576 g/mol. The number of hydrogen-bond donors (Lipinski definition) is 3. The van der Waals surface area contributed by atoms with Crippen LogP contribution in [0.15, 0.2) is 36.7 Å². The summed E-state index contributed by atoms with van der Waals surface area (Å²) in [6.45, 7) is 3.47. The highest BCUT2D eigenvalue weighted by molar-refractivity contribution is 6.05. The number of ketones is 1. The van der Waals surface area contributed by atoms with Crippen LogP contribution in [0.1, 0.15) is 53.6 Å². The van der Waals surface area contributed by atoms with E-state index in [1.165, 1.54) is 24.5 Å². The van der Waals surface area contributed by atoms with Gasteiger partial charge < -0.3 is 20.5 Å². The maximum atomic E-state index is 14.9. The summed E-state index contributed by atoms with van der Waals surface area (Å²) < 4.78 is 41.2. The van der Waals surface area contributed by atoms with Crippen molar-refractivity contribution in [1.29, 1.82) is 0 Å². The van der Waals surface area contributed by atoms with Crippen LogP contribution in [0.3, 0.4) is 0 Å². The summed E-state index contributed by atoms with van der Waals surface area (Å²) in [5, 5.41) is 5.79. The fourth-order valence-corrected chi connectivity index (χ4v) is 5.14. The Balaban J connectivity index is 1.45. The Bertz CT molecular complexity index is 1610. The first kappa shape index (κ1) is 29.1. The monoisotopic (exact) mass is 575 g/mol. The summed E-state index contributed by atoms with van der Waals surface area (Å²) >= 11 is 0. The van der Waals surface area contributed by atoms with Crippen molar-refractivity contribution in [3.8, 4) is 28.8 Å². The number of nitrogen functional groups attached to an aromatic ring is 1. The summed E-state index contributed by atoms with van der Waals surface area (Å²) in [4.78, 5) is 34.3. The first-order valence-corrected chi connectivity index (χ1v) is 13.6. The van der Waals surface area contributed by atoms with E-state index in [0.717, 1.165) is 24.5 Å². The molecule has 2 fully saturated rings. The van der Waals surface area contributed by atoms with Crippen LogP contribution < -0.4 is 21.1 Å². The van der Waals surface area contributed by atoms with E-state index in [-0.39, 0.29) is 52.6 Å². The molecule has 9 nitrogen and oxygen atoms in total. The van der Waals surface area contributed by atoms with Crippen LogP contribution in [0, 0.1) is 30.4 Å². The number of hydrogen-bond acceptors (Lipinski definition) is 8. The molecule has 0 radical (unpaired) electrons. The third-order valence-electron chi connectivity index (χ3n) is 7.71. The number of aromatic nitrogens is 2. The number of carbonyl (C=O) groups is 2. The number of nitrogens with two attached hydrogens (primary N) is 1. The topological polar surface area (TPSA) is 128 Å². The number of nitrogens with one attached hydrogen (secondary N) is 2. The fraction of sp³-hybridized carbons (Fsp3) is 0.355. The molecule has 2 aliphatic rings. The molecule has 3 aromatic rings. The minimum atomic E-state index is -1.17. The number of nitrogens with zero attached hydrogens (tertiary/aromatic N) is 2. The molecule has 2 heterocycles. The van der Waals surface area contributed by atoms with Crippen LogP contribution in [0.2, 0.25) is 0 Å². The normalized spacial score (nSPS) is 19.6. The van der Waals surface area contributed by atoms with Crippen molar-refractivity contribution in [2.75, 3.05) is 31.3 Å². The van der Waals surface area contributed by atoms with Gasteiger partial charge in [0.2, 0.25) is 5.78 Å². The van der Waals surface area contributed by atoms with Gasteiger partial charge in [-0.3, -0.25) is 14.9 Å². The van der Waals surface area contributed by atoms with Crippen LogP contribution in [0.5, 0.6) is 5.75 Å². The Morgan fingerprint density at radius 1 is 1.21 bits per heavy atom. The van der Waals surface area contributed by atoms with Crippen LogP contribution in [0.25, 0.3) is 11.3 Å². The van der Waals surface area contributed by atoms with Crippen molar-refractivity contribution >= 4 is 23.2 Å². The van der Waals surface area contributed by atoms with Gasteiger partial charge in [0.1, 0.15) is 35.8 Å². The van der Waals surface area contributed by atoms with E-state index in [1.807, 2.05) is 0 Å². The average Bonchev–Trinajstić information content (AvgIpc) is 3.73. The number of Topliss-reactive ketones (excluding diaryl/α,β-unsaturated/α-hetero) is 1. The van der Waals surface area contributed by atoms with Crippen molar-refractivity contribution in [3.05, 3.63) is 65.0 Å². The van der Waals surface area contributed by atoms with Gasteiger partial charge in [0.05, 0.1) is 11.7 Å². The van der Waals surface area contributed by atoms with Crippen LogP contribution in [-0.4, -0.2) is 53.6 Å². The standard InChI is InChI=1S/C31H31F2N5O4/c1-4-5-26(39)31(13-21(41-3)14-37-31)15-42-28-27(35-16-36-29(28)34)23-11-20(32)12-25(17(23)2)38-30(40)22-9-8-19(10-24(22)33)18-6-7-18/h8-12,16,18,21,37H,6-7,13-15H2,1-3H3,(H,38,40)(H2,34,35,36)/t21-,31-/m0/s1. The van der Waals surface area contributed by atoms with Crippen LogP contribution in [-0.2, 0) is 9.53 Å². The lowest BCUT2D eigenvalue weighted by Crippen LogP contribution is -2.52. The molecule has 1 amide bonds. The number of halogens is 2. The van der Waals surface area contributed by atoms with Gasteiger partial charge in [0.25, 0.3) is 5.91 Å². The lowest BCUT2D eigenvalue weighted by molar-refractivity contribution is -0.120. The lowest BCUT2D eigenvalue weighted by Gasteiger charge is -2.26. The molecule has 1 aliphatic heterocycles. The number of anilines is 2. The van der Waals surface area contributed by atoms with Crippen molar-refractivity contribution < 1.29 is 27.8 Å². The van der Waals surface area contributed by atoms with Crippen LogP contribution >= 0.6 is 0 Å². The Morgan fingerprint density at radius 3 is 2.67 bits per heavy atom. The smallest absolute Gasteiger partial charge is 0.258 e. The molecular formula is C31H31F2N5O4. The summed E-state index contributed by atoms with van der Waals surface area (Å²) in [5.74, 6) is 3.13. The van der Waals surface area contributed by atoms with E-state index >= 15 is 0 Å². The van der Waals surface area contributed by atoms with E-state index in [1.54, 1.807) is 27.0 Å². The van der Waals surface area contributed by atoms with Gasteiger partial charge in [-0.15, -0.1) is 0 Å². The summed E-state index contributed by atoms with van der Waals surface area (Å²) in [6, 6.07) is 6.92. The number of benzene rings is 2. The Hall–Kier alpha value is -4.40. The quantitative estimate of drug-likeness (QED) is 0.256. The third-order valence-corrected chi connectivity index (χ3v) is 7.71. The first-order chi connectivity index (χ1) is 20.2. The SMILES string of the molecule is CC#CC(=O)[C@@]1(COc2c(N)ncnc2-c2cc(F)cc(NC(=O)c3ccc(C4CC4)cc3F)c2C)C[C@H](OC)CN1. The number of ether oxygens (including phenoxy) is 2. The highest BCUT2D eigenvalue weighted by Gasteiger charge is 2.46. The molecule has 2 atom stereocenters. The molecule has 1 saturated carbocycles. The highest BCUT2D eigenvalue weighted by atomic mass is 19.1. The van der Waals surface area contributed by atoms with Crippen molar-refractivity contribution in [2.24, 2.45) is 0 Å². The van der Waals surface area contributed by atoms with E-state index in [4.69, 9.17) is 15.2 Å². The number of carbonyl (C=O) groups excluding carboxylic acids is 2. The van der Waals surface area contributed by atoms with Crippen molar-refractivity contribution in [2.45, 2.75) is 50.7 Å². The van der Waals surface area contributed by atoms with Gasteiger partial charge in [-0.1, -0.05) is 12.0 Å². The second kappa shape index (κ2) is 11.8. The van der Waals surface area contributed by atoms with E-state index in [9.17, 15) is 18.4 Å². The first-order valence-electron chi connectivity index (χ1n) is 13.6. The van der Waals surface area contributed by atoms with Crippen molar-refractivity contribution in [1.82, 2.24) is 15.3 Å². The van der Waals surface area contributed by atoms with Gasteiger partial charge in [0.15, 0.2) is 11.6 Å². The second-order valence-corrected chi connectivity index (χ2v) is 10.5. The van der Waals surface area contributed by atoms with Gasteiger partial charge in [-0.2, -0.15) is 0 Å². The van der Waals surface area contributed by atoms with Gasteiger partial charge in [-0.05, 0) is 73.9 Å². The zero-order valence-electron chi connectivity index (χ0n) is 23.5. The molecule has 4 N–H and O–H groups in total. The number of amides is 1. The summed E-state index contributed by atoms with van der Waals surface area (Å²) in [7, 11) is 1.56. The molecule has 2 aromatic carbocycles. The fourth-order valence-electron chi connectivity index (χ4n) is 5.14. The molecular weight excluding hydrogens is 544 g/mol. The molecule has 42 heavy (non-hydrogen) atoms. The summed E-state index contributed by atoms with van der Waals surface area (Å²) in [5.41, 5.74) is 6.69. The Labute approximate surface area is 242 Å². The minimum Gasteiger partial charge on any atom is -0.485 e. The maximum Gasteiger partial charge on any atom is 0.258 e. The molecule has 0 spiro atoms. The number of rotatable bonds is 9. The minimum absolute atomic E-state index is 0.0301. The van der Waals surface area contributed by atoms with Gasteiger partial charge in [-0.25, -0.2) is 18.7 Å². The lowest BCUT2D eigenvalue weighted by atomic mass is 9.92. The Kier molecular flexibility index (Phi) is 8.20. The third kappa shape index (κ3) is 5.82. The molecule has 0 bridgehead atoms. The Morgan fingerprint density at radius 2 is 2.00 bits per heavy atom. The molecule has 1 aromatic heterocycles. The molecule has 1 saturated heterocycles. The highest BCUT2D eigenvalue weighted by Crippen LogP contribution is 2.41. The van der Waals surface area contributed by atoms with Crippen molar-refractivity contribution in [3.63, 3.8) is 0 Å².